The van der Waals surface area contributed by atoms with Crippen molar-refractivity contribution in [1.82, 2.24) is 4.98 Å². The molecule has 0 N–H and O–H groups in total. The van der Waals surface area contributed by atoms with Crippen LogP contribution < -0.4 is 4.90 Å². The van der Waals surface area contributed by atoms with E-state index in [4.69, 9.17) is 11.6 Å². The Labute approximate surface area is 118 Å². The summed E-state index contributed by atoms with van der Waals surface area (Å²) in [4.78, 5) is 6.41. The van der Waals surface area contributed by atoms with Gasteiger partial charge in [-0.2, -0.15) is 0 Å². The minimum atomic E-state index is 0.780. The fraction of sp³-hybridized carbons (Fsp3) is 0.250. The van der Waals surface area contributed by atoms with Crippen LogP contribution in [0, 0.1) is 0 Å². The first-order chi connectivity index (χ1) is 8.20. The molecule has 0 saturated heterocycles. The molecule has 0 fully saturated rings. The Morgan fingerprint density at radius 1 is 1.47 bits per heavy atom. The van der Waals surface area contributed by atoms with Crippen molar-refractivity contribution in [3.05, 3.63) is 45.4 Å². The van der Waals surface area contributed by atoms with Gasteiger partial charge in [0.05, 0.1) is 17.7 Å². The van der Waals surface area contributed by atoms with Gasteiger partial charge in [-0.05, 0) is 17.7 Å². The van der Waals surface area contributed by atoms with Gasteiger partial charge in [0.1, 0.15) is 0 Å². The van der Waals surface area contributed by atoms with Crippen LogP contribution in [0.2, 0.25) is 5.02 Å². The number of benzene rings is 1. The summed E-state index contributed by atoms with van der Waals surface area (Å²) in [6.45, 7) is 0.799. The molecule has 5 heteroatoms. The second-order valence-electron chi connectivity index (χ2n) is 3.75. The van der Waals surface area contributed by atoms with Crippen molar-refractivity contribution in [1.29, 1.82) is 0 Å². The predicted octanol–water partition coefficient (Wildman–Crippen LogP) is 4.33. The largest absolute Gasteiger partial charge is 0.369 e. The first-order valence-electron chi connectivity index (χ1n) is 5.13. The molecule has 1 aromatic carbocycles. The van der Waals surface area contributed by atoms with E-state index in [2.05, 4.69) is 37.3 Å². The average molecular weight is 332 g/mol. The number of alkyl halides is 1. The fourth-order valence-corrected chi connectivity index (χ4v) is 2.97. The van der Waals surface area contributed by atoms with Gasteiger partial charge in [-0.1, -0.05) is 33.6 Å². The summed E-state index contributed by atoms with van der Waals surface area (Å²) in [6, 6.07) is 6.11. The molecule has 0 aliphatic carbocycles. The molecule has 17 heavy (non-hydrogen) atoms. The number of aromatic nitrogens is 1. The van der Waals surface area contributed by atoms with Gasteiger partial charge in [0.15, 0.2) is 0 Å². The molecule has 0 amide bonds. The molecule has 0 aliphatic heterocycles. The lowest BCUT2D eigenvalue weighted by molar-refractivity contribution is 0.894. The zero-order valence-electron chi connectivity index (χ0n) is 9.36. The van der Waals surface area contributed by atoms with Gasteiger partial charge in [0, 0.05) is 28.5 Å². The van der Waals surface area contributed by atoms with Gasteiger partial charge in [-0.3, -0.25) is 0 Å². The highest BCUT2D eigenvalue weighted by Crippen LogP contribution is 2.25. The Balaban J connectivity index is 2.14. The fourth-order valence-electron chi connectivity index (χ4n) is 1.53. The molecule has 90 valence electrons. The minimum absolute atomic E-state index is 0.780. The summed E-state index contributed by atoms with van der Waals surface area (Å²) in [5.74, 6) is 0. The molecule has 0 radical (unpaired) electrons. The molecular weight excluding hydrogens is 320 g/mol. The maximum Gasteiger partial charge on any atom is 0.0795 e. The first kappa shape index (κ1) is 12.9. The number of nitrogens with zero attached hydrogens (tertiary/aromatic N) is 2. The first-order valence-corrected chi connectivity index (χ1v) is 7.57. The zero-order valence-corrected chi connectivity index (χ0v) is 12.5. The van der Waals surface area contributed by atoms with Crippen molar-refractivity contribution in [3.63, 3.8) is 0 Å². The van der Waals surface area contributed by atoms with E-state index in [1.165, 1.54) is 0 Å². The Kier molecular flexibility index (Phi) is 4.42. The van der Waals surface area contributed by atoms with Crippen LogP contribution in [-0.4, -0.2) is 12.0 Å². The second kappa shape index (κ2) is 5.85. The average Bonchev–Trinajstić information content (AvgIpc) is 2.81. The number of hydrogen-bond donors (Lipinski definition) is 0. The van der Waals surface area contributed by atoms with E-state index < -0.39 is 0 Å². The molecule has 0 bridgehead atoms. The molecule has 1 heterocycles. The number of hydrogen-bond acceptors (Lipinski definition) is 3. The number of rotatable bonds is 4. The summed E-state index contributed by atoms with van der Waals surface area (Å²) in [7, 11) is 2.04. The number of thiazole rings is 1. The highest BCUT2D eigenvalue weighted by Gasteiger charge is 2.06. The Morgan fingerprint density at radius 2 is 2.29 bits per heavy atom. The van der Waals surface area contributed by atoms with Crippen LogP contribution in [0.15, 0.2) is 29.1 Å². The molecule has 2 aromatic rings. The lowest BCUT2D eigenvalue weighted by Gasteiger charge is -2.19. The minimum Gasteiger partial charge on any atom is -0.369 e. The van der Waals surface area contributed by atoms with Crippen LogP contribution in [0.5, 0.6) is 0 Å². The van der Waals surface area contributed by atoms with Crippen molar-refractivity contribution >= 4 is 44.6 Å². The molecular formula is C12H12BrClN2S. The van der Waals surface area contributed by atoms with Crippen LogP contribution >= 0.6 is 38.9 Å². The maximum absolute atomic E-state index is 6.19. The third kappa shape index (κ3) is 3.21. The van der Waals surface area contributed by atoms with Crippen LogP contribution in [-0.2, 0) is 11.9 Å². The van der Waals surface area contributed by atoms with E-state index in [0.29, 0.717) is 0 Å². The molecule has 0 spiro atoms. The van der Waals surface area contributed by atoms with Crippen LogP contribution in [0.1, 0.15) is 11.3 Å². The van der Waals surface area contributed by atoms with E-state index in [1.54, 1.807) is 11.3 Å². The Hall–Kier alpha value is -0.580. The molecule has 0 aliphatic rings. The monoisotopic (exact) mass is 330 g/mol. The van der Waals surface area contributed by atoms with Gasteiger partial charge in [-0.25, -0.2) is 4.98 Å². The van der Waals surface area contributed by atoms with Gasteiger partial charge in [-0.15, -0.1) is 11.3 Å². The van der Waals surface area contributed by atoms with E-state index >= 15 is 0 Å². The standard InChI is InChI=1S/C12H12BrClN2S/c1-16(6-10-7-17-8-15-10)11-3-2-9(5-13)12(14)4-11/h2-4,7-8H,5-6H2,1H3. The van der Waals surface area contributed by atoms with E-state index in [9.17, 15) is 0 Å². The summed E-state index contributed by atoms with van der Waals surface area (Å²) in [6.07, 6.45) is 0. The summed E-state index contributed by atoms with van der Waals surface area (Å²) in [5, 5.41) is 3.64. The predicted molar refractivity (Wildman–Crippen MR) is 78.3 cm³/mol. The van der Waals surface area contributed by atoms with Crippen LogP contribution in [0.3, 0.4) is 0 Å². The van der Waals surface area contributed by atoms with Gasteiger partial charge >= 0.3 is 0 Å². The lowest BCUT2D eigenvalue weighted by atomic mass is 10.2. The van der Waals surface area contributed by atoms with Crippen molar-refractivity contribution in [3.8, 4) is 0 Å². The van der Waals surface area contributed by atoms with Gasteiger partial charge in [0.2, 0.25) is 0 Å². The third-order valence-corrected chi connectivity index (χ3v) is 4.10. The summed E-state index contributed by atoms with van der Waals surface area (Å²) < 4.78 is 0. The van der Waals surface area contributed by atoms with Crippen molar-refractivity contribution in [2.45, 2.75) is 11.9 Å². The normalized spacial score (nSPS) is 10.5. The van der Waals surface area contributed by atoms with Crippen LogP contribution in [0.25, 0.3) is 0 Å². The van der Waals surface area contributed by atoms with Crippen molar-refractivity contribution in [2.75, 3.05) is 11.9 Å². The summed E-state index contributed by atoms with van der Waals surface area (Å²) in [5.41, 5.74) is 5.15. The molecule has 1 aromatic heterocycles. The quantitative estimate of drug-likeness (QED) is 0.775. The maximum atomic E-state index is 6.19. The highest BCUT2D eigenvalue weighted by atomic mass is 79.9. The Morgan fingerprint density at radius 3 is 2.88 bits per heavy atom. The highest BCUT2D eigenvalue weighted by molar-refractivity contribution is 9.08. The topological polar surface area (TPSA) is 16.1 Å². The molecule has 0 saturated carbocycles. The van der Waals surface area contributed by atoms with Gasteiger partial charge < -0.3 is 4.90 Å². The lowest BCUT2D eigenvalue weighted by Crippen LogP contribution is -2.16. The number of anilines is 1. The molecule has 0 atom stereocenters. The van der Waals surface area contributed by atoms with Crippen LogP contribution in [0.4, 0.5) is 5.69 Å². The van der Waals surface area contributed by atoms with E-state index in [-0.39, 0.29) is 0 Å². The third-order valence-electron chi connectivity index (χ3n) is 2.50. The molecule has 2 nitrogen and oxygen atoms in total. The zero-order chi connectivity index (χ0) is 12.3. The second-order valence-corrected chi connectivity index (χ2v) is 5.43. The van der Waals surface area contributed by atoms with E-state index in [1.807, 2.05) is 24.7 Å². The molecule has 0 unspecified atom stereocenters. The van der Waals surface area contributed by atoms with Crippen molar-refractivity contribution in [2.24, 2.45) is 0 Å². The smallest absolute Gasteiger partial charge is 0.0795 e. The molecule has 2 rings (SSSR count). The van der Waals surface area contributed by atoms with E-state index in [0.717, 1.165) is 33.8 Å². The SMILES string of the molecule is CN(Cc1cscn1)c1ccc(CBr)c(Cl)c1. The van der Waals surface area contributed by atoms with Gasteiger partial charge in [0.25, 0.3) is 0 Å². The number of halogens is 2. The Bertz CT molecular complexity index is 487. The summed E-state index contributed by atoms with van der Waals surface area (Å²) >= 11 is 11.2. The van der Waals surface area contributed by atoms with Crippen molar-refractivity contribution < 1.29 is 0 Å².